The summed E-state index contributed by atoms with van der Waals surface area (Å²) in [5.74, 6) is 0.183. The molecule has 0 spiro atoms. The smallest absolute Gasteiger partial charge is 0.343 e. The average molecular weight is 425 g/mol. The molecule has 9 heteroatoms. The summed E-state index contributed by atoms with van der Waals surface area (Å²) in [7, 11) is 0. The van der Waals surface area contributed by atoms with Crippen molar-refractivity contribution in [2.75, 3.05) is 13.1 Å². The molecule has 154 valence electrons. The first-order valence-corrected chi connectivity index (χ1v) is 10.9. The molecule has 0 bridgehead atoms. The zero-order valence-electron chi connectivity index (χ0n) is 16.6. The first kappa shape index (κ1) is 18.8. The number of amides is 1. The Morgan fingerprint density at radius 3 is 2.77 bits per heavy atom. The molecule has 4 aromatic rings. The number of carbonyl (C=O) groups is 1. The first-order chi connectivity index (χ1) is 14.5. The van der Waals surface area contributed by atoms with Crippen molar-refractivity contribution >= 4 is 38.4 Å². The van der Waals surface area contributed by atoms with Gasteiger partial charge in [-0.05, 0) is 43.2 Å². The van der Waals surface area contributed by atoms with E-state index in [1.165, 1.54) is 22.1 Å². The Bertz CT molecular complexity index is 1360. The third-order valence-electron chi connectivity index (χ3n) is 5.74. The van der Waals surface area contributed by atoms with E-state index in [1.807, 2.05) is 29.2 Å². The molecule has 1 fully saturated rings. The third kappa shape index (κ3) is 3.06. The van der Waals surface area contributed by atoms with E-state index in [1.54, 1.807) is 11.5 Å². The Hall–Kier alpha value is -3.20. The van der Waals surface area contributed by atoms with Crippen molar-refractivity contribution < 1.29 is 9.78 Å². The van der Waals surface area contributed by atoms with Gasteiger partial charge in [0.1, 0.15) is 10.9 Å². The summed E-state index contributed by atoms with van der Waals surface area (Å²) in [5.41, 5.74) is 1.79. The van der Waals surface area contributed by atoms with Crippen molar-refractivity contribution in [2.45, 2.75) is 32.7 Å². The molecule has 2 N–H and O–H groups in total. The third-order valence-corrected chi connectivity index (χ3v) is 6.79. The van der Waals surface area contributed by atoms with Crippen LogP contribution in [-0.2, 0) is 11.3 Å². The number of H-pyrrole nitrogens is 2. The van der Waals surface area contributed by atoms with E-state index < -0.39 is 0 Å². The van der Waals surface area contributed by atoms with Crippen LogP contribution < -0.4 is 16.1 Å². The molecular weight excluding hydrogens is 402 g/mol. The lowest BCUT2D eigenvalue weighted by atomic mass is 10.2. The molecule has 0 radical (unpaired) electrons. The summed E-state index contributed by atoms with van der Waals surface area (Å²) in [5, 5.41) is 4.26. The molecule has 0 saturated carbocycles. The number of hydrogen-bond donors (Lipinski definition) is 1. The number of carbonyl (C=O) groups excluding carboxylic acids is 1. The van der Waals surface area contributed by atoms with E-state index in [0.717, 1.165) is 23.2 Å². The van der Waals surface area contributed by atoms with Crippen molar-refractivity contribution in [2.24, 2.45) is 0 Å². The predicted octanol–water partition coefficient (Wildman–Crippen LogP) is 1.83. The second-order valence-corrected chi connectivity index (χ2v) is 8.66. The maximum absolute atomic E-state index is 13.2. The molecule has 0 unspecified atom stereocenters. The lowest BCUT2D eigenvalue weighted by Gasteiger charge is -2.16. The number of thiazole rings is 1. The Kier molecular flexibility index (Phi) is 4.54. The minimum absolute atomic E-state index is 0.151. The second kappa shape index (κ2) is 7.24. The van der Waals surface area contributed by atoms with Gasteiger partial charge in [0.15, 0.2) is 0 Å². The van der Waals surface area contributed by atoms with Crippen LogP contribution in [0.3, 0.4) is 0 Å². The molecule has 1 aliphatic rings. The second-order valence-electron chi connectivity index (χ2n) is 7.63. The van der Waals surface area contributed by atoms with Crippen molar-refractivity contribution in [3.63, 3.8) is 0 Å². The summed E-state index contributed by atoms with van der Waals surface area (Å²) in [6, 6.07) is 9.33. The van der Waals surface area contributed by atoms with Gasteiger partial charge in [-0.2, -0.15) is 0 Å². The normalized spacial score (nSPS) is 14.4. The van der Waals surface area contributed by atoms with Gasteiger partial charge in [-0.3, -0.25) is 9.59 Å². The van der Waals surface area contributed by atoms with Crippen molar-refractivity contribution in [3.8, 4) is 5.13 Å². The average Bonchev–Trinajstić information content (AvgIpc) is 3.41. The first-order valence-electron chi connectivity index (χ1n) is 10.1. The molecule has 1 amide bonds. The van der Waals surface area contributed by atoms with Crippen LogP contribution in [0.4, 0.5) is 0 Å². The van der Waals surface area contributed by atoms with Crippen LogP contribution in [0.15, 0.2) is 39.9 Å². The van der Waals surface area contributed by atoms with Gasteiger partial charge in [-0.1, -0.05) is 16.8 Å². The number of rotatable bonds is 5. The maximum Gasteiger partial charge on any atom is 0.369 e. The van der Waals surface area contributed by atoms with Gasteiger partial charge in [0.2, 0.25) is 5.91 Å². The number of fused-ring (bicyclic) bond motifs is 2. The minimum atomic E-state index is -0.186. The van der Waals surface area contributed by atoms with Crippen LogP contribution in [0.2, 0.25) is 0 Å². The molecule has 5 rings (SSSR count). The van der Waals surface area contributed by atoms with Crippen LogP contribution in [-0.4, -0.2) is 38.2 Å². The highest BCUT2D eigenvalue weighted by molar-refractivity contribution is 7.20. The molecule has 1 saturated heterocycles. The number of nitrogens with zero attached hydrogens (tertiary/aromatic N) is 3. The van der Waals surface area contributed by atoms with Gasteiger partial charge in [0.25, 0.3) is 5.56 Å². The highest BCUT2D eigenvalue weighted by Gasteiger charge is 2.23. The van der Waals surface area contributed by atoms with Gasteiger partial charge >= 0.3 is 10.7 Å². The van der Waals surface area contributed by atoms with Gasteiger partial charge < -0.3 is 9.47 Å². The van der Waals surface area contributed by atoms with Crippen LogP contribution in [0.1, 0.15) is 25.0 Å². The number of likely N-dealkylation sites (tertiary alicyclic amines) is 1. The van der Waals surface area contributed by atoms with E-state index in [0.29, 0.717) is 47.7 Å². The Morgan fingerprint density at radius 2 is 2.00 bits per heavy atom. The quantitative estimate of drug-likeness (QED) is 0.530. The van der Waals surface area contributed by atoms with E-state index in [4.69, 9.17) is 0 Å². The summed E-state index contributed by atoms with van der Waals surface area (Å²) in [6.45, 7) is 3.71. The molecule has 8 nitrogen and oxygen atoms in total. The van der Waals surface area contributed by atoms with Crippen LogP contribution in [0.5, 0.6) is 0 Å². The fraction of sp³-hybridized carbons (Fsp3) is 0.333. The lowest BCUT2D eigenvalue weighted by molar-refractivity contribution is -0.334. The summed E-state index contributed by atoms with van der Waals surface area (Å²) >= 11 is 1.48. The number of para-hydroxylation sites is 1. The van der Waals surface area contributed by atoms with E-state index in [2.05, 4.69) is 10.1 Å². The van der Waals surface area contributed by atoms with Crippen molar-refractivity contribution in [1.29, 1.82) is 0 Å². The fourth-order valence-corrected chi connectivity index (χ4v) is 5.16. The lowest BCUT2D eigenvalue weighted by Crippen LogP contribution is -2.29. The van der Waals surface area contributed by atoms with Crippen LogP contribution in [0, 0.1) is 6.92 Å². The number of aromatic amines is 2. The zero-order valence-corrected chi connectivity index (χ0v) is 17.4. The Balaban J connectivity index is 1.50. The monoisotopic (exact) mass is 424 g/mol. The maximum atomic E-state index is 13.2. The van der Waals surface area contributed by atoms with Crippen molar-refractivity contribution in [3.05, 3.63) is 56.7 Å². The number of aromatic nitrogens is 4. The molecule has 1 aromatic carbocycles. The number of nitrogens with one attached hydrogen (secondary N) is 2. The van der Waals surface area contributed by atoms with E-state index in [9.17, 15) is 14.4 Å². The van der Waals surface area contributed by atoms with Crippen molar-refractivity contribution in [1.82, 2.24) is 19.2 Å². The molecule has 30 heavy (non-hydrogen) atoms. The molecular formula is C21H22N5O3S+. The van der Waals surface area contributed by atoms with Crippen LogP contribution >= 0.6 is 11.3 Å². The number of benzene rings is 1. The highest BCUT2D eigenvalue weighted by atomic mass is 32.1. The van der Waals surface area contributed by atoms with Crippen LogP contribution in [0.25, 0.3) is 26.3 Å². The minimum Gasteiger partial charge on any atom is -0.343 e. The van der Waals surface area contributed by atoms with Gasteiger partial charge in [-0.15, -0.1) is 0 Å². The number of pyridine rings is 1. The van der Waals surface area contributed by atoms with Gasteiger partial charge in [0.05, 0.1) is 10.2 Å². The Morgan fingerprint density at radius 1 is 1.17 bits per heavy atom. The Labute approximate surface area is 175 Å². The zero-order chi connectivity index (χ0) is 20.8. The fourth-order valence-electron chi connectivity index (χ4n) is 4.20. The van der Waals surface area contributed by atoms with E-state index in [-0.39, 0.29) is 17.0 Å². The number of aryl methyl sites for hydroxylation is 1. The molecule has 3 aromatic heterocycles. The molecule has 1 aliphatic heterocycles. The SMILES string of the molecule is Cc1c2c(=O)n(-c3[nH+]c4ccccc4s3)[nH]c2cc(=O)n1CCCN1CCCC1=O. The summed E-state index contributed by atoms with van der Waals surface area (Å²) < 4.78 is 4.15. The largest absolute Gasteiger partial charge is 0.369 e. The molecule has 4 heterocycles. The van der Waals surface area contributed by atoms with E-state index >= 15 is 0 Å². The summed E-state index contributed by atoms with van der Waals surface area (Å²) in [4.78, 5) is 42.7. The molecule has 0 atom stereocenters. The topological polar surface area (TPSA) is 94.2 Å². The number of hydrogen-bond acceptors (Lipinski definition) is 4. The molecule has 0 aliphatic carbocycles. The van der Waals surface area contributed by atoms with Gasteiger partial charge in [0, 0.05) is 37.8 Å². The standard InChI is InChI=1S/C21H21N5O3S/c1-13-19-15(12-18(28)25(13)11-5-10-24-9-4-8-17(24)27)23-26(20(19)29)21-22-14-6-2-3-7-16(14)30-21/h2-3,6-7,12,23H,4-5,8-11H2,1H3/p+1. The summed E-state index contributed by atoms with van der Waals surface area (Å²) in [6.07, 6.45) is 2.20. The van der Waals surface area contributed by atoms with Gasteiger partial charge in [-0.25, -0.2) is 14.9 Å². The predicted molar refractivity (Wildman–Crippen MR) is 115 cm³/mol. The highest BCUT2D eigenvalue weighted by Crippen LogP contribution is 2.21.